The highest BCUT2D eigenvalue weighted by Gasteiger charge is 2.22. The quantitative estimate of drug-likeness (QED) is 0.402. The molecule has 0 radical (unpaired) electrons. The van der Waals surface area contributed by atoms with Crippen LogP contribution in [-0.4, -0.2) is 15.8 Å². The molecule has 1 N–H and O–H groups in total. The first-order valence-corrected chi connectivity index (χ1v) is 8.54. The fourth-order valence-corrected chi connectivity index (χ4v) is 2.97. The molecule has 4 rings (SSSR count). The lowest BCUT2D eigenvalue weighted by molar-refractivity contribution is -0.385. The van der Waals surface area contributed by atoms with Crippen molar-refractivity contribution in [2.24, 2.45) is 0 Å². The number of anilines is 1. The lowest BCUT2D eigenvalue weighted by Crippen LogP contribution is -2.14. The van der Waals surface area contributed by atoms with Gasteiger partial charge >= 0.3 is 0 Å². The van der Waals surface area contributed by atoms with Crippen molar-refractivity contribution in [3.8, 4) is 11.5 Å². The number of fused-ring (bicyclic) bond motifs is 1. The van der Waals surface area contributed by atoms with Crippen LogP contribution in [0.4, 0.5) is 11.4 Å². The molecule has 0 bridgehead atoms. The van der Waals surface area contributed by atoms with E-state index in [1.807, 2.05) is 24.3 Å². The average molecular weight is 373 g/mol. The number of nitrogens with zero attached hydrogens (tertiary/aromatic N) is 2. The number of hydrogen-bond donors (Lipinski definition) is 1. The first kappa shape index (κ1) is 17.4. The Labute approximate surface area is 159 Å². The van der Waals surface area contributed by atoms with E-state index in [2.05, 4.69) is 10.3 Å². The second-order valence-electron chi connectivity index (χ2n) is 6.25. The van der Waals surface area contributed by atoms with Gasteiger partial charge in [0.25, 0.3) is 11.6 Å². The van der Waals surface area contributed by atoms with E-state index in [0.29, 0.717) is 22.7 Å². The van der Waals surface area contributed by atoms with Gasteiger partial charge in [0, 0.05) is 16.8 Å². The number of para-hydroxylation sites is 3. The van der Waals surface area contributed by atoms with Crippen molar-refractivity contribution < 1.29 is 14.1 Å². The van der Waals surface area contributed by atoms with Crippen LogP contribution in [0.25, 0.3) is 22.6 Å². The largest absolute Gasteiger partial charge is 0.436 e. The average Bonchev–Trinajstić information content (AvgIpc) is 3.12. The van der Waals surface area contributed by atoms with Gasteiger partial charge in [-0.2, -0.15) is 0 Å². The molecule has 28 heavy (non-hydrogen) atoms. The number of benzene rings is 3. The minimum Gasteiger partial charge on any atom is -0.436 e. The van der Waals surface area contributed by atoms with E-state index in [9.17, 15) is 14.9 Å². The number of aryl methyl sites for hydroxylation is 1. The summed E-state index contributed by atoms with van der Waals surface area (Å²) in [6.07, 6.45) is 0. The van der Waals surface area contributed by atoms with Gasteiger partial charge in [0.05, 0.1) is 4.92 Å². The molecule has 7 nitrogen and oxygen atoms in total. The topological polar surface area (TPSA) is 98.3 Å². The fraction of sp³-hybridized carbons (Fsp3) is 0.0476. The van der Waals surface area contributed by atoms with Gasteiger partial charge in [-0.3, -0.25) is 14.9 Å². The summed E-state index contributed by atoms with van der Waals surface area (Å²) in [5.41, 5.74) is 3.00. The number of nitro benzene ring substituents is 1. The van der Waals surface area contributed by atoms with E-state index in [0.717, 1.165) is 11.1 Å². The molecule has 4 aromatic rings. The van der Waals surface area contributed by atoms with Gasteiger partial charge in [0.1, 0.15) is 11.1 Å². The van der Waals surface area contributed by atoms with Crippen LogP contribution in [0.2, 0.25) is 0 Å². The first-order valence-electron chi connectivity index (χ1n) is 8.54. The van der Waals surface area contributed by atoms with E-state index in [4.69, 9.17) is 4.42 Å². The molecule has 7 heteroatoms. The summed E-state index contributed by atoms with van der Waals surface area (Å²) in [5, 5.41) is 14.0. The molecule has 0 aliphatic carbocycles. The van der Waals surface area contributed by atoms with Crippen LogP contribution in [0.1, 0.15) is 15.9 Å². The summed E-state index contributed by atoms with van der Waals surface area (Å²) in [5.74, 6) is -0.0570. The van der Waals surface area contributed by atoms with Crippen LogP contribution in [0.5, 0.6) is 0 Å². The molecule has 1 amide bonds. The normalized spacial score (nSPS) is 10.8. The Balaban J connectivity index is 1.57. The molecule has 1 heterocycles. The number of amides is 1. The predicted octanol–water partition coefficient (Wildman–Crippen LogP) is 4.96. The van der Waals surface area contributed by atoms with Gasteiger partial charge in [0.2, 0.25) is 5.89 Å². The molecule has 0 unspecified atom stereocenters. The van der Waals surface area contributed by atoms with E-state index in [1.165, 1.54) is 6.07 Å². The van der Waals surface area contributed by atoms with Gasteiger partial charge in [-0.1, -0.05) is 24.3 Å². The zero-order valence-electron chi connectivity index (χ0n) is 14.9. The third-order valence-corrected chi connectivity index (χ3v) is 4.35. The van der Waals surface area contributed by atoms with Crippen molar-refractivity contribution in [1.29, 1.82) is 0 Å². The third-order valence-electron chi connectivity index (χ3n) is 4.35. The maximum Gasteiger partial charge on any atom is 0.285 e. The Morgan fingerprint density at radius 1 is 1.04 bits per heavy atom. The molecule has 0 atom stereocenters. The van der Waals surface area contributed by atoms with Crippen LogP contribution < -0.4 is 5.32 Å². The van der Waals surface area contributed by atoms with E-state index < -0.39 is 10.8 Å². The lowest BCUT2D eigenvalue weighted by atomic mass is 10.1. The number of carbonyl (C=O) groups is 1. The van der Waals surface area contributed by atoms with Crippen LogP contribution in [0.3, 0.4) is 0 Å². The molecule has 0 saturated heterocycles. The van der Waals surface area contributed by atoms with Crippen molar-refractivity contribution in [2.45, 2.75) is 6.92 Å². The van der Waals surface area contributed by atoms with Gasteiger partial charge in [-0.15, -0.1) is 0 Å². The highest BCUT2D eigenvalue weighted by atomic mass is 16.6. The smallest absolute Gasteiger partial charge is 0.285 e. The second kappa shape index (κ2) is 6.96. The molecule has 0 saturated carbocycles. The number of hydrogen-bond acceptors (Lipinski definition) is 5. The molecule has 138 valence electrons. The Morgan fingerprint density at radius 2 is 1.79 bits per heavy atom. The fourth-order valence-electron chi connectivity index (χ4n) is 2.97. The summed E-state index contributed by atoms with van der Waals surface area (Å²) >= 11 is 0. The molecule has 0 aliphatic rings. The molecule has 0 fully saturated rings. The Hall–Kier alpha value is -4.00. The van der Waals surface area contributed by atoms with E-state index >= 15 is 0 Å². The number of aromatic nitrogens is 1. The SMILES string of the molecule is Cc1cccc(C(=O)Nc2ccc(-c3nc4ccccc4o3)cc2)c1[N+](=O)[O-]. The minimum atomic E-state index is -0.541. The molecule has 3 aromatic carbocycles. The summed E-state index contributed by atoms with van der Waals surface area (Å²) in [4.78, 5) is 27.7. The van der Waals surface area contributed by atoms with E-state index in [-0.39, 0.29) is 11.3 Å². The Morgan fingerprint density at radius 3 is 2.50 bits per heavy atom. The molecule has 0 spiro atoms. The van der Waals surface area contributed by atoms with Crippen LogP contribution in [0, 0.1) is 17.0 Å². The molecule has 1 aromatic heterocycles. The van der Waals surface area contributed by atoms with Crippen molar-refractivity contribution in [3.63, 3.8) is 0 Å². The second-order valence-corrected chi connectivity index (χ2v) is 6.25. The van der Waals surface area contributed by atoms with Gasteiger partial charge in [-0.05, 0) is 49.4 Å². The number of carbonyl (C=O) groups excluding carboxylic acids is 1. The van der Waals surface area contributed by atoms with Crippen molar-refractivity contribution in [1.82, 2.24) is 4.98 Å². The molecule has 0 aliphatic heterocycles. The number of rotatable bonds is 4. The lowest BCUT2D eigenvalue weighted by Gasteiger charge is -2.07. The van der Waals surface area contributed by atoms with Gasteiger partial charge in [-0.25, -0.2) is 4.98 Å². The van der Waals surface area contributed by atoms with E-state index in [1.54, 1.807) is 43.3 Å². The van der Waals surface area contributed by atoms with Gasteiger partial charge in [0.15, 0.2) is 5.58 Å². The highest BCUT2D eigenvalue weighted by Crippen LogP contribution is 2.27. The van der Waals surface area contributed by atoms with Crippen molar-refractivity contribution in [3.05, 3.63) is 88.0 Å². The van der Waals surface area contributed by atoms with Crippen LogP contribution in [-0.2, 0) is 0 Å². The maximum atomic E-state index is 12.5. The van der Waals surface area contributed by atoms with Gasteiger partial charge < -0.3 is 9.73 Å². The third kappa shape index (κ3) is 3.21. The predicted molar refractivity (Wildman–Crippen MR) is 105 cm³/mol. The monoisotopic (exact) mass is 373 g/mol. The summed E-state index contributed by atoms with van der Waals surface area (Å²) in [6.45, 7) is 1.60. The summed E-state index contributed by atoms with van der Waals surface area (Å²) < 4.78 is 5.73. The Kier molecular flexibility index (Phi) is 4.33. The van der Waals surface area contributed by atoms with Crippen molar-refractivity contribution in [2.75, 3.05) is 5.32 Å². The number of nitro groups is 1. The van der Waals surface area contributed by atoms with Crippen LogP contribution in [0.15, 0.2) is 71.1 Å². The Bertz CT molecular complexity index is 1160. The minimum absolute atomic E-state index is 0.0213. The standard InChI is InChI=1S/C21H15N3O4/c1-13-5-4-6-16(19(13)24(26)27)20(25)22-15-11-9-14(10-12-15)21-23-17-7-2-3-8-18(17)28-21/h2-12H,1H3,(H,22,25). The van der Waals surface area contributed by atoms with Crippen molar-refractivity contribution >= 4 is 28.4 Å². The zero-order chi connectivity index (χ0) is 19.7. The molecular formula is C21H15N3O4. The maximum absolute atomic E-state index is 12.5. The summed E-state index contributed by atoms with van der Waals surface area (Å²) in [6, 6.07) is 19.1. The molecular weight excluding hydrogens is 358 g/mol. The number of oxazole rings is 1. The zero-order valence-corrected chi connectivity index (χ0v) is 14.9. The number of nitrogens with one attached hydrogen (secondary N) is 1. The first-order chi connectivity index (χ1) is 13.5. The highest BCUT2D eigenvalue weighted by molar-refractivity contribution is 6.07. The van der Waals surface area contributed by atoms with Crippen LogP contribution >= 0.6 is 0 Å². The summed E-state index contributed by atoms with van der Waals surface area (Å²) in [7, 11) is 0.